The smallest absolute Gasteiger partial charge is 0.234 e. The van der Waals surface area contributed by atoms with Crippen molar-refractivity contribution in [1.82, 2.24) is 29.5 Å². The van der Waals surface area contributed by atoms with Crippen molar-refractivity contribution in [3.8, 4) is 22.6 Å². The molecule has 0 spiro atoms. The van der Waals surface area contributed by atoms with Crippen molar-refractivity contribution in [2.24, 2.45) is 0 Å². The van der Waals surface area contributed by atoms with Gasteiger partial charge in [-0.05, 0) is 51.3 Å². The molecule has 1 saturated heterocycles. The molecule has 2 aliphatic rings. The number of hydrogen-bond acceptors (Lipinski definition) is 7. The van der Waals surface area contributed by atoms with Crippen LogP contribution in [-0.4, -0.2) is 48.1 Å². The van der Waals surface area contributed by atoms with E-state index in [1.165, 1.54) is 0 Å². The number of aryl methyl sites for hydroxylation is 2. The van der Waals surface area contributed by atoms with Crippen LogP contribution in [0.2, 0.25) is 0 Å². The Balaban J connectivity index is 1.48. The van der Waals surface area contributed by atoms with Crippen LogP contribution >= 0.6 is 0 Å². The van der Waals surface area contributed by atoms with Gasteiger partial charge in [0.15, 0.2) is 5.65 Å². The second-order valence-electron chi connectivity index (χ2n) is 9.13. The van der Waals surface area contributed by atoms with Crippen LogP contribution in [0.15, 0.2) is 36.9 Å². The molecule has 9 nitrogen and oxygen atoms in total. The molecule has 0 radical (unpaired) electrons. The van der Waals surface area contributed by atoms with E-state index in [4.69, 9.17) is 9.72 Å². The van der Waals surface area contributed by atoms with E-state index in [0.29, 0.717) is 24.3 Å². The fraction of sp³-hybridized carbons (Fsp3) is 0.360. The first kappa shape index (κ1) is 20.9. The number of fused-ring (bicyclic) bond motifs is 2. The second kappa shape index (κ2) is 7.66. The van der Waals surface area contributed by atoms with Crippen molar-refractivity contribution in [3.63, 3.8) is 0 Å². The SMILES string of the molecule is CCn1c(-c2cnc(C)nc2)nc2c(-c3ccc4c(c3)[C@](C)(C[C@@H]3CCO3)C(=O)N4)ncnc21. The quantitative estimate of drug-likeness (QED) is 0.489. The molecule has 5 heterocycles. The average molecular weight is 456 g/mol. The average Bonchev–Trinajstić information content (AvgIpc) is 3.31. The Morgan fingerprint density at radius 3 is 2.68 bits per heavy atom. The topological polar surface area (TPSA) is 108 Å². The van der Waals surface area contributed by atoms with Crippen LogP contribution in [0.1, 0.15) is 38.1 Å². The molecular formula is C25H25N7O2. The van der Waals surface area contributed by atoms with Crippen LogP contribution in [-0.2, 0) is 21.5 Å². The van der Waals surface area contributed by atoms with Crippen molar-refractivity contribution in [2.45, 2.75) is 51.7 Å². The molecule has 4 aromatic rings. The minimum Gasteiger partial charge on any atom is -0.378 e. The third-order valence-electron chi connectivity index (χ3n) is 6.95. The predicted octanol–water partition coefficient (Wildman–Crippen LogP) is 3.67. The van der Waals surface area contributed by atoms with E-state index in [0.717, 1.165) is 52.6 Å². The number of anilines is 1. The monoisotopic (exact) mass is 455 g/mol. The highest BCUT2D eigenvalue weighted by Crippen LogP contribution is 2.44. The first-order valence-electron chi connectivity index (χ1n) is 11.6. The van der Waals surface area contributed by atoms with Gasteiger partial charge in [-0.25, -0.2) is 24.9 Å². The summed E-state index contributed by atoms with van der Waals surface area (Å²) in [6.45, 7) is 7.37. The van der Waals surface area contributed by atoms with Gasteiger partial charge >= 0.3 is 0 Å². The fourth-order valence-electron chi connectivity index (χ4n) is 4.92. The number of carbonyl (C=O) groups excluding carboxylic acids is 1. The zero-order valence-electron chi connectivity index (χ0n) is 19.4. The summed E-state index contributed by atoms with van der Waals surface area (Å²) in [5.41, 5.74) is 5.09. The van der Waals surface area contributed by atoms with E-state index in [9.17, 15) is 4.79 Å². The summed E-state index contributed by atoms with van der Waals surface area (Å²) in [6, 6.07) is 5.99. The molecule has 0 aliphatic carbocycles. The van der Waals surface area contributed by atoms with Crippen molar-refractivity contribution in [1.29, 1.82) is 0 Å². The van der Waals surface area contributed by atoms with Gasteiger partial charge in [0.05, 0.1) is 17.1 Å². The van der Waals surface area contributed by atoms with E-state index in [-0.39, 0.29) is 12.0 Å². The standard InChI is InChI=1S/C25H25N7O2/c1-4-32-22(16-11-26-14(2)27-12-16)31-21-20(28-13-29-23(21)32)15-5-6-19-18(9-15)25(3,24(33)30-19)10-17-7-8-34-17/h5-6,9,11-13,17H,4,7-8,10H2,1-3H3,(H,30,33)/t17-,25-/m0/s1. The largest absolute Gasteiger partial charge is 0.378 e. The maximum absolute atomic E-state index is 12.9. The molecule has 0 bridgehead atoms. The summed E-state index contributed by atoms with van der Waals surface area (Å²) in [6.07, 6.45) is 6.91. The molecule has 6 rings (SSSR count). The van der Waals surface area contributed by atoms with Gasteiger partial charge in [-0.1, -0.05) is 6.07 Å². The number of nitrogens with one attached hydrogen (secondary N) is 1. The molecule has 3 aromatic heterocycles. The molecule has 2 aliphatic heterocycles. The highest BCUT2D eigenvalue weighted by Gasteiger charge is 2.45. The molecule has 0 saturated carbocycles. The number of nitrogens with zero attached hydrogens (tertiary/aromatic N) is 6. The van der Waals surface area contributed by atoms with Gasteiger partial charge in [-0.3, -0.25) is 4.79 Å². The van der Waals surface area contributed by atoms with Crippen LogP contribution in [0.3, 0.4) is 0 Å². The van der Waals surface area contributed by atoms with Gasteiger partial charge in [-0.15, -0.1) is 0 Å². The van der Waals surface area contributed by atoms with Crippen molar-refractivity contribution >= 4 is 22.8 Å². The molecule has 1 aromatic carbocycles. The Bertz CT molecular complexity index is 1430. The Labute approximate surface area is 196 Å². The van der Waals surface area contributed by atoms with E-state index < -0.39 is 5.41 Å². The number of carbonyl (C=O) groups is 1. The number of amides is 1. The van der Waals surface area contributed by atoms with Gasteiger partial charge in [0, 0.05) is 36.8 Å². The van der Waals surface area contributed by atoms with Gasteiger partial charge in [0.1, 0.15) is 29.2 Å². The maximum atomic E-state index is 12.9. The number of benzene rings is 1. The summed E-state index contributed by atoms with van der Waals surface area (Å²) in [5, 5.41) is 3.04. The lowest BCUT2D eigenvalue weighted by Crippen LogP contribution is -2.39. The number of hydrogen-bond donors (Lipinski definition) is 1. The molecule has 9 heteroatoms. The van der Waals surface area contributed by atoms with E-state index in [1.54, 1.807) is 18.7 Å². The lowest BCUT2D eigenvalue weighted by molar-refractivity contribution is -0.124. The highest BCUT2D eigenvalue weighted by molar-refractivity contribution is 6.06. The highest BCUT2D eigenvalue weighted by atomic mass is 16.5. The molecule has 172 valence electrons. The Kier molecular flexibility index (Phi) is 4.70. The Morgan fingerprint density at radius 1 is 1.18 bits per heavy atom. The normalized spacial score (nSPS) is 21.4. The summed E-state index contributed by atoms with van der Waals surface area (Å²) in [5.74, 6) is 1.48. The molecule has 34 heavy (non-hydrogen) atoms. The summed E-state index contributed by atoms with van der Waals surface area (Å²) >= 11 is 0. The van der Waals surface area contributed by atoms with Crippen LogP contribution < -0.4 is 5.32 Å². The molecular weight excluding hydrogens is 430 g/mol. The molecule has 2 atom stereocenters. The second-order valence-corrected chi connectivity index (χ2v) is 9.13. The van der Waals surface area contributed by atoms with Gasteiger partial charge in [0.2, 0.25) is 5.91 Å². The third kappa shape index (κ3) is 3.11. The minimum absolute atomic E-state index is 0.0138. The summed E-state index contributed by atoms with van der Waals surface area (Å²) in [4.78, 5) is 35.7. The van der Waals surface area contributed by atoms with Gasteiger partial charge in [-0.2, -0.15) is 0 Å². The van der Waals surface area contributed by atoms with Crippen molar-refractivity contribution in [3.05, 3.63) is 48.3 Å². The minimum atomic E-state index is -0.643. The van der Waals surface area contributed by atoms with Crippen LogP contribution in [0, 0.1) is 6.92 Å². The lowest BCUT2D eigenvalue weighted by atomic mass is 9.77. The zero-order chi connectivity index (χ0) is 23.4. The predicted molar refractivity (Wildman–Crippen MR) is 127 cm³/mol. The number of imidazole rings is 1. The lowest BCUT2D eigenvalue weighted by Gasteiger charge is -2.33. The summed E-state index contributed by atoms with van der Waals surface area (Å²) < 4.78 is 7.69. The summed E-state index contributed by atoms with van der Waals surface area (Å²) in [7, 11) is 0. The van der Waals surface area contributed by atoms with Crippen LogP contribution in [0.25, 0.3) is 33.8 Å². The van der Waals surface area contributed by atoms with Gasteiger partial charge < -0.3 is 14.6 Å². The van der Waals surface area contributed by atoms with Crippen LogP contribution in [0.4, 0.5) is 5.69 Å². The van der Waals surface area contributed by atoms with E-state index in [1.807, 2.05) is 30.5 Å². The van der Waals surface area contributed by atoms with Crippen molar-refractivity contribution < 1.29 is 9.53 Å². The van der Waals surface area contributed by atoms with Gasteiger partial charge in [0.25, 0.3) is 0 Å². The first-order chi connectivity index (χ1) is 16.5. The Hall–Kier alpha value is -3.72. The molecule has 1 amide bonds. The molecule has 0 unspecified atom stereocenters. The third-order valence-corrected chi connectivity index (χ3v) is 6.95. The first-order valence-corrected chi connectivity index (χ1v) is 11.6. The molecule has 1 fully saturated rings. The maximum Gasteiger partial charge on any atom is 0.234 e. The molecule has 1 N–H and O–H groups in total. The zero-order valence-corrected chi connectivity index (χ0v) is 19.4. The number of rotatable bonds is 5. The number of aromatic nitrogens is 6. The van der Waals surface area contributed by atoms with E-state index in [2.05, 4.69) is 38.2 Å². The Morgan fingerprint density at radius 2 is 1.97 bits per heavy atom. The number of ether oxygens (including phenoxy) is 1. The fourth-order valence-corrected chi connectivity index (χ4v) is 4.92. The van der Waals surface area contributed by atoms with E-state index >= 15 is 0 Å². The van der Waals surface area contributed by atoms with Crippen molar-refractivity contribution in [2.75, 3.05) is 11.9 Å². The van der Waals surface area contributed by atoms with Crippen LogP contribution in [0.5, 0.6) is 0 Å².